The van der Waals surface area contributed by atoms with Crippen LogP contribution in [-0.2, 0) is 23.6 Å². The number of likely N-dealkylation sites (tertiary alicyclic amines) is 1. The van der Waals surface area contributed by atoms with Crippen LogP contribution in [0.3, 0.4) is 0 Å². The fourth-order valence-electron chi connectivity index (χ4n) is 5.05. The molecule has 1 atom stereocenters. The number of nitrogens with two attached hydrogens (primary N) is 1. The third-order valence-electron chi connectivity index (χ3n) is 7.44. The summed E-state index contributed by atoms with van der Waals surface area (Å²) in [6.45, 7) is 6.93. The van der Waals surface area contributed by atoms with Crippen LogP contribution in [0.4, 0.5) is 27.5 Å². The van der Waals surface area contributed by atoms with Crippen molar-refractivity contribution in [3.8, 4) is 0 Å². The molecule has 0 bridgehead atoms. The molecule has 1 aromatic heterocycles. The molecule has 3 aromatic rings. The zero-order valence-electron chi connectivity index (χ0n) is 25.8. The number of sulfonamides is 1. The molecule has 2 aromatic carbocycles. The van der Waals surface area contributed by atoms with Crippen molar-refractivity contribution in [2.45, 2.75) is 44.0 Å². The van der Waals surface area contributed by atoms with E-state index in [4.69, 9.17) is 14.8 Å². The van der Waals surface area contributed by atoms with Crippen LogP contribution in [-0.4, -0.2) is 85.7 Å². The predicted octanol–water partition coefficient (Wildman–Crippen LogP) is 5.17. The molecule has 4 rings (SSSR count). The van der Waals surface area contributed by atoms with Gasteiger partial charge in [-0.3, -0.25) is 4.57 Å². The van der Waals surface area contributed by atoms with Gasteiger partial charge in [-0.05, 0) is 100 Å². The van der Waals surface area contributed by atoms with Gasteiger partial charge in [-0.25, -0.2) is 17.8 Å². The van der Waals surface area contributed by atoms with Crippen molar-refractivity contribution >= 4 is 40.8 Å². The standard InChI is InChI=1S/C30H43FN7O5PS/c1-3-42-44(39,4-2)43-23-22-37-20-15-27(16-21-37)38(19-5-17-32)45(40,41)28-12-10-26(11-13-28)35-30-33-18-14-29(36-30)34-25-8-6-24(31)7-9-25/h6-14,18,27H,3-5,15-17,19-23,32H2,1-2H3,(H2,33,34,35,36). The van der Waals surface area contributed by atoms with E-state index in [0.29, 0.717) is 94.5 Å². The molecule has 0 saturated carbocycles. The third kappa shape index (κ3) is 10.0. The quantitative estimate of drug-likeness (QED) is 0.164. The average molecular weight is 664 g/mol. The fourth-order valence-corrected chi connectivity index (χ4v) is 7.96. The lowest BCUT2D eigenvalue weighted by atomic mass is 10.0. The first-order valence-corrected chi connectivity index (χ1v) is 18.4. The average Bonchev–Trinajstić information content (AvgIpc) is 3.03. The third-order valence-corrected chi connectivity index (χ3v) is 11.4. The molecule has 246 valence electrons. The van der Waals surface area contributed by atoms with Crippen LogP contribution in [0.2, 0.25) is 0 Å². The Labute approximate surface area is 265 Å². The van der Waals surface area contributed by atoms with Crippen molar-refractivity contribution in [3.05, 3.63) is 66.6 Å². The molecule has 0 spiro atoms. The number of aromatic nitrogens is 2. The fraction of sp³-hybridized carbons (Fsp3) is 0.467. The van der Waals surface area contributed by atoms with Crippen LogP contribution < -0.4 is 16.4 Å². The molecule has 1 unspecified atom stereocenters. The molecule has 1 aliphatic heterocycles. The van der Waals surface area contributed by atoms with E-state index in [0.717, 1.165) is 0 Å². The maximum absolute atomic E-state index is 13.8. The summed E-state index contributed by atoms with van der Waals surface area (Å²) in [7, 11) is -6.84. The van der Waals surface area contributed by atoms with E-state index in [9.17, 15) is 17.4 Å². The van der Waals surface area contributed by atoms with Gasteiger partial charge in [0.15, 0.2) is 0 Å². The summed E-state index contributed by atoms with van der Waals surface area (Å²) in [5.41, 5.74) is 7.07. The van der Waals surface area contributed by atoms with E-state index in [-0.39, 0.29) is 16.8 Å². The zero-order chi connectivity index (χ0) is 32.3. The minimum absolute atomic E-state index is 0.161. The first kappa shape index (κ1) is 34.9. The maximum atomic E-state index is 13.8. The minimum Gasteiger partial charge on any atom is -0.340 e. The number of rotatable bonds is 17. The molecule has 0 radical (unpaired) electrons. The zero-order valence-corrected chi connectivity index (χ0v) is 27.5. The second-order valence-electron chi connectivity index (χ2n) is 10.6. The highest BCUT2D eigenvalue weighted by atomic mass is 32.2. The second-order valence-corrected chi connectivity index (χ2v) is 14.8. The molecular formula is C30H43FN7O5PS. The molecule has 45 heavy (non-hydrogen) atoms. The Bertz CT molecular complexity index is 1510. The summed E-state index contributed by atoms with van der Waals surface area (Å²) >= 11 is 0. The highest BCUT2D eigenvalue weighted by Gasteiger charge is 2.33. The molecular weight excluding hydrogens is 620 g/mol. The van der Waals surface area contributed by atoms with Crippen LogP contribution in [0.15, 0.2) is 65.7 Å². The molecule has 4 N–H and O–H groups in total. The largest absolute Gasteiger partial charge is 0.340 e. The Morgan fingerprint density at radius 2 is 1.69 bits per heavy atom. The Kier molecular flexibility index (Phi) is 12.8. The first-order chi connectivity index (χ1) is 21.7. The number of halogens is 1. The van der Waals surface area contributed by atoms with E-state index < -0.39 is 17.6 Å². The van der Waals surface area contributed by atoms with Crippen molar-refractivity contribution in [3.63, 3.8) is 0 Å². The van der Waals surface area contributed by atoms with Gasteiger partial charge in [0.1, 0.15) is 11.6 Å². The summed E-state index contributed by atoms with van der Waals surface area (Å²) in [6, 6.07) is 14.0. The molecule has 0 amide bonds. The van der Waals surface area contributed by atoms with Crippen LogP contribution in [0.1, 0.15) is 33.1 Å². The molecule has 1 aliphatic rings. The highest BCUT2D eigenvalue weighted by molar-refractivity contribution is 7.89. The van der Waals surface area contributed by atoms with Gasteiger partial charge in [0.05, 0.1) is 18.1 Å². The number of hydrogen-bond acceptors (Lipinski definition) is 11. The second kappa shape index (κ2) is 16.5. The molecule has 12 nitrogen and oxygen atoms in total. The van der Waals surface area contributed by atoms with E-state index in [1.807, 2.05) is 0 Å². The van der Waals surface area contributed by atoms with Crippen LogP contribution in [0.5, 0.6) is 0 Å². The van der Waals surface area contributed by atoms with Crippen LogP contribution >= 0.6 is 7.60 Å². The van der Waals surface area contributed by atoms with E-state index in [2.05, 4.69) is 25.5 Å². The number of nitrogens with zero attached hydrogens (tertiary/aromatic N) is 4. The normalized spacial score (nSPS) is 16.0. The summed E-state index contributed by atoms with van der Waals surface area (Å²) in [5.74, 6) is 0.499. The van der Waals surface area contributed by atoms with Crippen molar-refractivity contribution in [2.24, 2.45) is 5.73 Å². The van der Waals surface area contributed by atoms with Gasteiger partial charge in [-0.15, -0.1) is 0 Å². The summed E-state index contributed by atoms with van der Waals surface area (Å²) < 4.78 is 65.9. The molecule has 15 heteroatoms. The van der Waals surface area contributed by atoms with Gasteiger partial charge >= 0.3 is 7.60 Å². The van der Waals surface area contributed by atoms with Gasteiger partial charge in [0.25, 0.3) is 0 Å². The molecule has 0 aliphatic carbocycles. The number of anilines is 4. The number of nitrogens with one attached hydrogen (secondary N) is 2. The Balaban J connectivity index is 1.36. The lowest BCUT2D eigenvalue weighted by Gasteiger charge is -2.38. The Hall–Kier alpha value is -2.97. The minimum atomic E-state index is -3.79. The number of hydrogen-bond donors (Lipinski definition) is 3. The number of piperidine rings is 1. The van der Waals surface area contributed by atoms with Crippen molar-refractivity contribution in [2.75, 3.05) is 62.7 Å². The molecule has 1 saturated heterocycles. The lowest BCUT2D eigenvalue weighted by molar-refractivity contribution is 0.129. The molecule has 1 fully saturated rings. The topological polar surface area (TPSA) is 152 Å². The van der Waals surface area contributed by atoms with E-state index in [1.165, 1.54) is 12.1 Å². The molecule has 2 heterocycles. The Morgan fingerprint density at radius 3 is 2.33 bits per heavy atom. The number of benzene rings is 2. The van der Waals surface area contributed by atoms with Gasteiger partial charge < -0.3 is 30.3 Å². The lowest BCUT2D eigenvalue weighted by Crippen LogP contribution is -2.48. The SMILES string of the molecule is CCOP(=O)(CC)OCCN1CCC(N(CCCN)S(=O)(=O)c2ccc(Nc3nccc(Nc4ccc(F)cc4)n3)cc2)CC1. The van der Waals surface area contributed by atoms with Gasteiger partial charge in [-0.1, -0.05) is 6.92 Å². The smallest absolute Gasteiger partial charge is 0.330 e. The van der Waals surface area contributed by atoms with E-state index >= 15 is 0 Å². The van der Waals surface area contributed by atoms with Crippen molar-refractivity contribution in [1.29, 1.82) is 0 Å². The van der Waals surface area contributed by atoms with Crippen molar-refractivity contribution in [1.82, 2.24) is 19.2 Å². The first-order valence-electron chi connectivity index (χ1n) is 15.2. The van der Waals surface area contributed by atoms with E-state index in [1.54, 1.807) is 66.8 Å². The van der Waals surface area contributed by atoms with Gasteiger partial charge in [0.2, 0.25) is 16.0 Å². The summed E-state index contributed by atoms with van der Waals surface area (Å²) in [5, 5.41) is 6.19. The van der Waals surface area contributed by atoms with Crippen LogP contribution in [0.25, 0.3) is 0 Å². The Morgan fingerprint density at radius 1 is 1.02 bits per heavy atom. The summed E-state index contributed by atoms with van der Waals surface area (Å²) in [4.78, 5) is 11.1. The van der Waals surface area contributed by atoms with Gasteiger partial charge in [-0.2, -0.15) is 9.29 Å². The monoisotopic (exact) mass is 663 g/mol. The maximum Gasteiger partial charge on any atom is 0.330 e. The highest BCUT2D eigenvalue weighted by Crippen LogP contribution is 2.47. The summed E-state index contributed by atoms with van der Waals surface area (Å²) in [6.07, 6.45) is 3.79. The van der Waals surface area contributed by atoms with Crippen molar-refractivity contribution < 1.29 is 26.4 Å². The van der Waals surface area contributed by atoms with Gasteiger partial charge in [0, 0.05) is 42.9 Å². The predicted molar refractivity (Wildman–Crippen MR) is 174 cm³/mol. The van der Waals surface area contributed by atoms with Crippen LogP contribution in [0, 0.1) is 5.82 Å².